The van der Waals surface area contributed by atoms with Gasteiger partial charge >= 0.3 is 6.36 Å². The highest BCUT2D eigenvalue weighted by atomic mass is 32.2. The predicted octanol–water partition coefficient (Wildman–Crippen LogP) is 3.45. The van der Waals surface area contributed by atoms with Gasteiger partial charge in [0.05, 0.1) is 0 Å². The zero-order valence-electron chi connectivity index (χ0n) is 7.02. The minimum atomic E-state index is -4.56. The highest BCUT2D eigenvalue weighted by molar-refractivity contribution is 8.02. The Hall–Kier alpha value is -0.580. The molecule has 0 unspecified atom stereocenters. The van der Waals surface area contributed by atoms with Crippen LogP contribution in [0.2, 0.25) is 0 Å². The second kappa shape index (κ2) is 4.09. The van der Waals surface area contributed by atoms with Gasteiger partial charge < -0.3 is 4.74 Å². The van der Waals surface area contributed by atoms with Crippen molar-refractivity contribution in [2.24, 2.45) is 0 Å². The molecule has 0 atom stereocenters. The van der Waals surface area contributed by atoms with Crippen LogP contribution in [0.3, 0.4) is 0 Å². The molecular weight excluding hydrogens is 201 g/mol. The van der Waals surface area contributed by atoms with E-state index in [-0.39, 0.29) is 5.76 Å². The first-order valence-corrected chi connectivity index (χ1v) is 4.93. The Bertz CT molecular complexity index is 242. The summed E-state index contributed by atoms with van der Waals surface area (Å²) in [4.78, 5) is 1.08. The molecule has 0 aromatic rings. The van der Waals surface area contributed by atoms with Crippen LogP contribution in [0, 0.1) is 0 Å². The lowest BCUT2D eigenvalue weighted by Crippen LogP contribution is -2.13. The van der Waals surface area contributed by atoms with Gasteiger partial charge in [-0.15, -0.1) is 24.9 Å². The van der Waals surface area contributed by atoms with E-state index in [0.717, 1.165) is 4.91 Å². The number of thioether (sulfide) groups is 1. The van der Waals surface area contributed by atoms with Crippen molar-refractivity contribution < 1.29 is 17.9 Å². The molecule has 0 spiro atoms. The van der Waals surface area contributed by atoms with E-state index in [0.29, 0.717) is 12.8 Å². The minimum Gasteiger partial charge on any atom is -0.410 e. The van der Waals surface area contributed by atoms with Crippen molar-refractivity contribution in [1.82, 2.24) is 0 Å². The maximum atomic E-state index is 11.7. The molecule has 0 amide bonds. The van der Waals surface area contributed by atoms with E-state index in [2.05, 4.69) is 4.74 Å². The molecule has 0 aromatic heterocycles. The van der Waals surface area contributed by atoms with Gasteiger partial charge in [0, 0.05) is 6.42 Å². The summed E-state index contributed by atoms with van der Waals surface area (Å²) in [6.45, 7) is 0. The van der Waals surface area contributed by atoms with Gasteiger partial charge in [-0.05, 0) is 29.7 Å². The minimum absolute atomic E-state index is 0.00898. The first kappa shape index (κ1) is 10.5. The van der Waals surface area contributed by atoms with Gasteiger partial charge in [-0.3, -0.25) is 0 Å². The second-order valence-electron chi connectivity index (χ2n) is 2.52. The quantitative estimate of drug-likeness (QED) is 0.690. The van der Waals surface area contributed by atoms with Crippen molar-refractivity contribution in [3.8, 4) is 0 Å². The Morgan fingerprint density at radius 3 is 2.38 bits per heavy atom. The van der Waals surface area contributed by atoms with E-state index in [9.17, 15) is 13.2 Å². The summed E-state index contributed by atoms with van der Waals surface area (Å²) in [5.74, 6) is -0.00898. The molecule has 13 heavy (non-hydrogen) atoms. The molecule has 74 valence electrons. The average Bonchev–Trinajstić information content (AvgIpc) is 2.03. The summed E-state index contributed by atoms with van der Waals surface area (Å²) < 4.78 is 39.0. The van der Waals surface area contributed by atoms with Crippen LogP contribution in [0.15, 0.2) is 22.8 Å². The fourth-order valence-corrected chi connectivity index (χ4v) is 1.51. The van der Waals surface area contributed by atoms with Gasteiger partial charge in [0.25, 0.3) is 0 Å². The summed E-state index contributed by atoms with van der Waals surface area (Å²) in [6.07, 6.45) is 1.33. The van der Waals surface area contributed by atoms with Crippen LogP contribution in [-0.4, -0.2) is 12.6 Å². The number of rotatable bonds is 2. The van der Waals surface area contributed by atoms with Crippen molar-refractivity contribution >= 4 is 11.8 Å². The second-order valence-corrected chi connectivity index (χ2v) is 3.45. The number of halogens is 3. The summed E-state index contributed by atoms with van der Waals surface area (Å²) in [7, 11) is 0. The molecular formula is C8H9F3OS. The lowest BCUT2D eigenvalue weighted by Gasteiger charge is -2.15. The van der Waals surface area contributed by atoms with Crippen LogP contribution in [-0.2, 0) is 4.74 Å². The van der Waals surface area contributed by atoms with Crippen molar-refractivity contribution in [3.63, 3.8) is 0 Å². The lowest BCUT2D eigenvalue weighted by atomic mass is 10.1. The van der Waals surface area contributed by atoms with Gasteiger partial charge in [0.1, 0.15) is 5.76 Å². The fraction of sp³-hybridized carbons (Fsp3) is 0.500. The van der Waals surface area contributed by atoms with E-state index in [4.69, 9.17) is 0 Å². The van der Waals surface area contributed by atoms with Crippen LogP contribution in [0.25, 0.3) is 0 Å². The van der Waals surface area contributed by atoms with Gasteiger partial charge in [0.15, 0.2) is 0 Å². The molecule has 0 heterocycles. The predicted molar refractivity (Wildman–Crippen MR) is 46.1 cm³/mol. The Kier molecular flexibility index (Phi) is 3.30. The van der Waals surface area contributed by atoms with Crippen LogP contribution >= 0.6 is 11.8 Å². The molecule has 0 aliphatic heterocycles. The number of allylic oxidation sites excluding steroid dienone is 4. The molecule has 0 bridgehead atoms. The Labute approximate surface area is 78.6 Å². The van der Waals surface area contributed by atoms with E-state index in [1.807, 2.05) is 6.26 Å². The number of hydrogen-bond acceptors (Lipinski definition) is 2. The third kappa shape index (κ3) is 3.76. The Balaban J connectivity index is 2.55. The van der Waals surface area contributed by atoms with Crippen molar-refractivity contribution in [3.05, 3.63) is 22.8 Å². The molecule has 1 aliphatic rings. The van der Waals surface area contributed by atoms with E-state index >= 15 is 0 Å². The molecule has 0 fully saturated rings. The largest absolute Gasteiger partial charge is 0.572 e. The topological polar surface area (TPSA) is 9.23 Å². The molecule has 0 N–H and O–H groups in total. The SMILES string of the molecule is CSC1=CC=C(OC(F)(F)F)CC1. The highest BCUT2D eigenvalue weighted by Crippen LogP contribution is 2.29. The van der Waals surface area contributed by atoms with Crippen LogP contribution in [0.1, 0.15) is 12.8 Å². The molecule has 1 nitrogen and oxygen atoms in total. The molecule has 0 saturated carbocycles. The molecule has 0 saturated heterocycles. The Morgan fingerprint density at radius 2 is 2.00 bits per heavy atom. The third-order valence-corrected chi connectivity index (χ3v) is 2.45. The normalized spacial score (nSPS) is 17.8. The molecule has 1 aliphatic carbocycles. The maximum absolute atomic E-state index is 11.7. The number of ether oxygens (including phenoxy) is 1. The smallest absolute Gasteiger partial charge is 0.410 e. The zero-order chi connectivity index (χ0) is 9.90. The summed E-state index contributed by atoms with van der Waals surface area (Å²) in [5.41, 5.74) is 0. The summed E-state index contributed by atoms with van der Waals surface area (Å²) in [5, 5.41) is 0. The standard InChI is InChI=1S/C8H9F3OS/c1-13-7-4-2-6(3-5-7)12-8(9,10)11/h2,4H,3,5H2,1H3. The van der Waals surface area contributed by atoms with Crippen LogP contribution < -0.4 is 0 Å². The van der Waals surface area contributed by atoms with Crippen molar-refractivity contribution in [2.45, 2.75) is 19.2 Å². The van der Waals surface area contributed by atoms with Gasteiger partial charge in [0.2, 0.25) is 0 Å². The first-order chi connectivity index (χ1) is 6.01. The highest BCUT2D eigenvalue weighted by Gasteiger charge is 2.32. The monoisotopic (exact) mass is 210 g/mol. The molecule has 5 heteroatoms. The molecule has 0 aromatic carbocycles. The van der Waals surface area contributed by atoms with E-state index in [1.54, 1.807) is 17.8 Å². The van der Waals surface area contributed by atoms with Gasteiger partial charge in [-0.25, -0.2) is 0 Å². The van der Waals surface area contributed by atoms with Gasteiger partial charge in [-0.1, -0.05) is 0 Å². The van der Waals surface area contributed by atoms with E-state index < -0.39 is 6.36 Å². The number of hydrogen-bond donors (Lipinski definition) is 0. The van der Waals surface area contributed by atoms with Crippen molar-refractivity contribution in [1.29, 1.82) is 0 Å². The van der Waals surface area contributed by atoms with Gasteiger partial charge in [-0.2, -0.15) is 0 Å². The summed E-state index contributed by atoms with van der Waals surface area (Å²) in [6, 6.07) is 0. The summed E-state index contributed by atoms with van der Waals surface area (Å²) >= 11 is 1.55. The Morgan fingerprint density at radius 1 is 1.31 bits per heavy atom. The number of alkyl halides is 3. The zero-order valence-corrected chi connectivity index (χ0v) is 7.84. The molecule has 0 radical (unpaired) electrons. The average molecular weight is 210 g/mol. The lowest BCUT2D eigenvalue weighted by molar-refractivity contribution is -0.306. The van der Waals surface area contributed by atoms with E-state index in [1.165, 1.54) is 6.08 Å². The molecule has 1 rings (SSSR count). The van der Waals surface area contributed by atoms with Crippen LogP contribution in [0.4, 0.5) is 13.2 Å². The van der Waals surface area contributed by atoms with Crippen molar-refractivity contribution in [2.75, 3.05) is 6.26 Å². The maximum Gasteiger partial charge on any atom is 0.572 e. The first-order valence-electron chi connectivity index (χ1n) is 3.71. The van der Waals surface area contributed by atoms with Crippen LogP contribution in [0.5, 0.6) is 0 Å². The third-order valence-electron chi connectivity index (χ3n) is 1.58. The fourth-order valence-electron chi connectivity index (χ4n) is 1.00.